The highest BCUT2D eigenvalue weighted by Crippen LogP contribution is 2.18. The molecule has 0 bridgehead atoms. The van der Waals surface area contributed by atoms with Crippen molar-refractivity contribution in [1.82, 2.24) is 9.62 Å². The number of sulfonamides is 1. The highest BCUT2D eigenvalue weighted by Gasteiger charge is 2.17. The Morgan fingerprint density at radius 3 is 2.62 bits per heavy atom. The monoisotopic (exact) mass is 317 g/mol. The van der Waals surface area contributed by atoms with Gasteiger partial charge in [0.05, 0.1) is 5.69 Å². The van der Waals surface area contributed by atoms with Gasteiger partial charge in [0.15, 0.2) is 0 Å². The van der Waals surface area contributed by atoms with Crippen molar-refractivity contribution in [3.05, 3.63) is 24.0 Å². The Morgan fingerprint density at radius 1 is 1.33 bits per heavy atom. The minimum absolute atomic E-state index is 0.0449. The average Bonchev–Trinajstić information content (AvgIpc) is 2.40. The van der Waals surface area contributed by atoms with Crippen LogP contribution in [0.3, 0.4) is 0 Å². The van der Waals surface area contributed by atoms with Gasteiger partial charge in [-0.3, -0.25) is 0 Å². The molecule has 0 saturated carbocycles. The molecule has 0 radical (unpaired) electrons. The third kappa shape index (κ3) is 5.61. The Balaban J connectivity index is 2.49. The summed E-state index contributed by atoms with van der Waals surface area (Å²) < 4.78 is 39.7. The molecule has 1 aromatic rings. The summed E-state index contributed by atoms with van der Waals surface area (Å²) in [5.74, 6) is -0.622. The van der Waals surface area contributed by atoms with Crippen molar-refractivity contribution in [2.75, 3.05) is 25.9 Å². The van der Waals surface area contributed by atoms with E-state index in [1.165, 1.54) is 6.07 Å². The van der Waals surface area contributed by atoms with Crippen LogP contribution in [0.4, 0.5) is 10.1 Å². The minimum Gasteiger partial charge on any atom is -0.398 e. The summed E-state index contributed by atoms with van der Waals surface area (Å²) in [5, 5.41) is 0. The van der Waals surface area contributed by atoms with E-state index in [-0.39, 0.29) is 10.6 Å². The van der Waals surface area contributed by atoms with Crippen LogP contribution in [0.15, 0.2) is 23.1 Å². The van der Waals surface area contributed by atoms with E-state index in [1.54, 1.807) is 0 Å². The molecule has 21 heavy (non-hydrogen) atoms. The Labute approximate surface area is 126 Å². The van der Waals surface area contributed by atoms with E-state index < -0.39 is 15.8 Å². The molecule has 5 nitrogen and oxygen atoms in total. The molecule has 0 saturated heterocycles. The normalized spacial score (nSPS) is 12.3. The predicted molar refractivity (Wildman–Crippen MR) is 83.0 cm³/mol. The second-order valence-corrected chi connectivity index (χ2v) is 7.10. The second-order valence-electron chi connectivity index (χ2n) is 5.36. The van der Waals surface area contributed by atoms with Crippen LogP contribution in [-0.4, -0.2) is 39.5 Å². The number of nitrogen functional groups attached to an aromatic ring is 1. The van der Waals surface area contributed by atoms with Gasteiger partial charge in [0.1, 0.15) is 10.7 Å². The van der Waals surface area contributed by atoms with Crippen LogP contribution in [0.2, 0.25) is 0 Å². The number of rotatable bonds is 8. The third-order valence-electron chi connectivity index (χ3n) is 3.38. The Bertz CT molecular complexity index is 561. The van der Waals surface area contributed by atoms with Gasteiger partial charge in [0.2, 0.25) is 10.0 Å². The Hall–Kier alpha value is -1.18. The first-order valence-corrected chi connectivity index (χ1v) is 8.47. The lowest BCUT2D eigenvalue weighted by Crippen LogP contribution is -2.29. The number of nitrogens with two attached hydrogens (primary N) is 1. The zero-order valence-electron chi connectivity index (χ0n) is 12.8. The van der Waals surface area contributed by atoms with Crippen LogP contribution in [0.1, 0.15) is 26.7 Å². The van der Waals surface area contributed by atoms with Crippen LogP contribution in [0.25, 0.3) is 0 Å². The lowest BCUT2D eigenvalue weighted by Gasteiger charge is -2.20. The molecule has 120 valence electrons. The molecule has 7 heteroatoms. The largest absolute Gasteiger partial charge is 0.398 e. The van der Waals surface area contributed by atoms with Crippen molar-refractivity contribution >= 4 is 15.7 Å². The molecule has 0 fully saturated rings. The van der Waals surface area contributed by atoms with Crippen molar-refractivity contribution in [3.8, 4) is 0 Å². The van der Waals surface area contributed by atoms with Crippen LogP contribution in [-0.2, 0) is 10.0 Å². The van der Waals surface area contributed by atoms with Crippen molar-refractivity contribution in [1.29, 1.82) is 0 Å². The average molecular weight is 317 g/mol. The standard InChI is InChI=1S/C14H24FN3O2S/c1-11(2)18(3)9-5-4-8-17-21(19,20)14-10-12(15)6-7-13(14)16/h6-7,10-11,17H,4-5,8-9,16H2,1-3H3. The van der Waals surface area contributed by atoms with E-state index in [2.05, 4.69) is 23.5 Å². The first kappa shape index (κ1) is 17.9. The smallest absolute Gasteiger partial charge is 0.242 e. The van der Waals surface area contributed by atoms with E-state index >= 15 is 0 Å². The molecular weight excluding hydrogens is 293 g/mol. The molecule has 0 heterocycles. The van der Waals surface area contributed by atoms with Gasteiger partial charge >= 0.3 is 0 Å². The van der Waals surface area contributed by atoms with Gasteiger partial charge in [-0.1, -0.05) is 0 Å². The van der Waals surface area contributed by atoms with Crippen LogP contribution in [0.5, 0.6) is 0 Å². The van der Waals surface area contributed by atoms with Gasteiger partial charge in [-0.2, -0.15) is 0 Å². The number of hydrogen-bond donors (Lipinski definition) is 2. The fourth-order valence-electron chi connectivity index (χ4n) is 1.77. The first-order valence-electron chi connectivity index (χ1n) is 6.99. The molecule has 0 unspecified atom stereocenters. The Kier molecular flexibility index (Phi) is 6.57. The van der Waals surface area contributed by atoms with Crippen LogP contribution >= 0.6 is 0 Å². The summed E-state index contributed by atoms with van der Waals surface area (Å²) in [6.07, 6.45) is 1.60. The van der Waals surface area contributed by atoms with E-state index in [4.69, 9.17) is 5.73 Å². The van der Waals surface area contributed by atoms with E-state index in [0.29, 0.717) is 19.0 Å². The van der Waals surface area contributed by atoms with Crippen molar-refractivity contribution in [2.45, 2.75) is 37.6 Å². The summed E-state index contributed by atoms with van der Waals surface area (Å²) in [4.78, 5) is 1.99. The van der Waals surface area contributed by atoms with E-state index in [0.717, 1.165) is 25.1 Å². The number of nitrogens with zero attached hydrogens (tertiary/aromatic N) is 1. The highest BCUT2D eigenvalue weighted by molar-refractivity contribution is 7.89. The SMILES string of the molecule is CC(C)N(C)CCCCNS(=O)(=O)c1cc(F)ccc1N. The molecule has 0 spiro atoms. The maximum Gasteiger partial charge on any atom is 0.242 e. The van der Waals surface area contributed by atoms with Gasteiger partial charge in [0.25, 0.3) is 0 Å². The number of unbranched alkanes of at least 4 members (excludes halogenated alkanes) is 1. The molecular formula is C14H24FN3O2S. The fourth-order valence-corrected chi connectivity index (χ4v) is 2.98. The molecule has 0 aromatic heterocycles. The minimum atomic E-state index is -3.76. The van der Waals surface area contributed by atoms with E-state index in [1.807, 2.05) is 7.05 Å². The van der Waals surface area contributed by atoms with Crippen molar-refractivity contribution in [2.24, 2.45) is 0 Å². The lowest BCUT2D eigenvalue weighted by atomic mass is 10.2. The maximum atomic E-state index is 13.1. The third-order valence-corrected chi connectivity index (χ3v) is 4.89. The summed E-state index contributed by atoms with van der Waals surface area (Å²) in [6.45, 7) is 5.43. The van der Waals surface area contributed by atoms with Crippen molar-refractivity contribution in [3.63, 3.8) is 0 Å². The molecule has 3 N–H and O–H groups in total. The predicted octanol–water partition coefficient (Wildman–Crippen LogP) is 1.81. The summed E-state index contributed by atoms with van der Waals surface area (Å²) >= 11 is 0. The van der Waals surface area contributed by atoms with Crippen LogP contribution < -0.4 is 10.5 Å². The molecule has 1 aromatic carbocycles. The first-order chi connectivity index (χ1) is 9.74. The van der Waals surface area contributed by atoms with Gasteiger partial charge in [-0.25, -0.2) is 17.5 Å². The van der Waals surface area contributed by atoms with Crippen LogP contribution in [0, 0.1) is 5.82 Å². The zero-order chi connectivity index (χ0) is 16.0. The molecule has 0 aliphatic heterocycles. The van der Waals surface area contributed by atoms with Crippen molar-refractivity contribution < 1.29 is 12.8 Å². The second kappa shape index (κ2) is 7.72. The maximum absolute atomic E-state index is 13.1. The fraction of sp³-hybridized carbons (Fsp3) is 0.571. The summed E-state index contributed by atoms with van der Waals surface area (Å²) in [6, 6.07) is 3.79. The zero-order valence-corrected chi connectivity index (χ0v) is 13.6. The quantitative estimate of drug-likeness (QED) is 0.566. The van der Waals surface area contributed by atoms with Gasteiger partial charge in [0, 0.05) is 12.6 Å². The molecule has 0 aliphatic carbocycles. The Morgan fingerprint density at radius 2 is 2.00 bits per heavy atom. The summed E-state index contributed by atoms with van der Waals surface area (Å²) in [5.41, 5.74) is 5.63. The number of nitrogens with one attached hydrogen (secondary N) is 1. The number of benzene rings is 1. The molecule has 0 amide bonds. The van der Waals surface area contributed by atoms with Gasteiger partial charge in [-0.15, -0.1) is 0 Å². The number of halogens is 1. The van der Waals surface area contributed by atoms with E-state index in [9.17, 15) is 12.8 Å². The molecule has 1 rings (SSSR count). The summed E-state index contributed by atoms with van der Waals surface area (Å²) in [7, 11) is -1.73. The number of anilines is 1. The molecule has 0 aliphatic rings. The molecule has 0 atom stereocenters. The topological polar surface area (TPSA) is 75.4 Å². The van der Waals surface area contributed by atoms with Gasteiger partial charge in [-0.05, 0) is 58.5 Å². The lowest BCUT2D eigenvalue weighted by molar-refractivity contribution is 0.268. The van der Waals surface area contributed by atoms with Gasteiger partial charge < -0.3 is 10.6 Å². The highest BCUT2D eigenvalue weighted by atomic mass is 32.2. The number of hydrogen-bond acceptors (Lipinski definition) is 4.